The average Bonchev–Trinajstić information content (AvgIpc) is 2.04. The van der Waals surface area contributed by atoms with Crippen molar-refractivity contribution in [2.75, 3.05) is 7.11 Å². The summed E-state index contributed by atoms with van der Waals surface area (Å²) in [6, 6.07) is 0. The van der Waals surface area contributed by atoms with E-state index in [1.54, 1.807) is 24.3 Å². The molecular weight excluding hydrogens is 142 g/mol. The molecule has 3 heteroatoms. The Morgan fingerprint density at radius 1 is 1.45 bits per heavy atom. The van der Waals surface area contributed by atoms with Crippen molar-refractivity contribution in [1.82, 2.24) is 5.32 Å². The van der Waals surface area contributed by atoms with Crippen LogP contribution >= 0.6 is 0 Å². The first-order valence-electron chi connectivity index (χ1n) is 3.10. The second-order valence-electron chi connectivity index (χ2n) is 1.62. The molecule has 0 saturated heterocycles. The fraction of sp³-hybridized carbons (Fsp3) is 0.125. The van der Waals surface area contributed by atoms with Crippen molar-refractivity contribution in [2.24, 2.45) is 0 Å². The number of amides is 1. The van der Waals surface area contributed by atoms with Gasteiger partial charge in [-0.05, 0) is 6.08 Å². The van der Waals surface area contributed by atoms with Crippen LogP contribution in [0.2, 0.25) is 0 Å². The van der Waals surface area contributed by atoms with Crippen molar-refractivity contribution in [1.29, 1.82) is 0 Å². The fourth-order valence-corrected chi connectivity index (χ4v) is 0.373. The molecule has 0 aliphatic rings. The topological polar surface area (TPSA) is 38.3 Å². The Bertz CT molecular complexity index is 183. The third-order valence-corrected chi connectivity index (χ3v) is 0.841. The smallest absolute Gasteiger partial charge is 0.410 e. The van der Waals surface area contributed by atoms with E-state index in [1.807, 2.05) is 0 Å². The van der Waals surface area contributed by atoms with E-state index in [2.05, 4.69) is 16.6 Å². The van der Waals surface area contributed by atoms with Crippen LogP contribution in [-0.2, 0) is 4.74 Å². The van der Waals surface area contributed by atoms with E-state index >= 15 is 0 Å². The van der Waals surface area contributed by atoms with Crippen LogP contribution in [0.15, 0.2) is 37.1 Å². The van der Waals surface area contributed by atoms with E-state index in [1.165, 1.54) is 13.3 Å². The quantitative estimate of drug-likeness (QED) is 0.625. The average molecular weight is 153 g/mol. The molecule has 0 radical (unpaired) electrons. The minimum absolute atomic E-state index is 0.478. The molecule has 1 N–H and O–H groups in total. The summed E-state index contributed by atoms with van der Waals surface area (Å²) in [6.07, 6.45) is 7.79. The van der Waals surface area contributed by atoms with Crippen LogP contribution in [0.1, 0.15) is 0 Å². The molecule has 0 aromatic rings. The van der Waals surface area contributed by atoms with Gasteiger partial charge in [0.05, 0.1) is 7.11 Å². The third kappa shape index (κ3) is 6.37. The Morgan fingerprint density at radius 2 is 2.18 bits per heavy atom. The van der Waals surface area contributed by atoms with Gasteiger partial charge in [-0.3, -0.25) is 5.32 Å². The van der Waals surface area contributed by atoms with E-state index in [0.717, 1.165) is 0 Å². The van der Waals surface area contributed by atoms with Gasteiger partial charge in [-0.2, -0.15) is 0 Å². The maximum Gasteiger partial charge on any atom is 0.410 e. The molecule has 0 aliphatic heterocycles. The zero-order valence-electron chi connectivity index (χ0n) is 6.41. The summed E-state index contributed by atoms with van der Waals surface area (Å²) in [5, 5.41) is 2.36. The molecule has 0 fully saturated rings. The van der Waals surface area contributed by atoms with Crippen molar-refractivity contribution < 1.29 is 9.53 Å². The molecule has 3 nitrogen and oxygen atoms in total. The minimum Gasteiger partial charge on any atom is -0.453 e. The van der Waals surface area contributed by atoms with Gasteiger partial charge in [0.2, 0.25) is 0 Å². The molecule has 0 bridgehead atoms. The predicted octanol–water partition coefficient (Wildman–Crippen LogP) is 1.60. The number of ether oxygens (including phenoxy) is 1. The molecule has 0 spiro atoms. The molecule has 60 valence electrons. The van der Waals surface area contributed by atoms with E-state index in [9.17, 15) is 4.79 Å². The molecule has 0 heterocycles. The number of carbonyl (C=O) groups is 1. The molecule has 0 saturated carbocycles. The summed E-state index contributed by atoms with van der Waals surface area (Å²) in [7, 11) is 1.31. The molecule has 1 amide bonds. The van der Waals surface area contributed by atoms with Crippen LogP contribution in [0.4, 0.5) is 4.79 Å². The number of methoxy groups -OCH3 is 1. The van der Waals surface area contributed by atoms with Crippen LogP contribution in [-0.4, -0.2) is 13.2 Å². The SMILES string of the molecule is C=CC=CC=CNC(=O)OC. The molecule has 0 rings (SSSR count). The van der Waals surface area contributed by atoms with Crippen LogP contribution in [0.25, 0.3) is 0 Å². The minimum atomic E-state index is -0.478. The van der Waals surface area contributed by atoms with Gasteiger partial charge in [-0.15, -0.1) is 0 Å². The predicted molar refractivity (Wildman–Crippen MR) is 44.0 cm³/mol. The number of rotatable bonds is 3. The number of nitrogens with one attached hydrogen (secondary N) is 1. The van der Waals surface area contributed by atoms with Gasteiger partial charge in [0, 0.05) is 6.20 Å². The summed E-state index contributed by atoms with van der Waals surface area (Å²) in [5.74, 6) is 0. The number of allylic oxidation sites excluding steroid dienone is 4. The number of alkyl carbamates (subject to hydrolysis) is 1. The van der Waals surface area contributed by atoms with Crippen LogP contribution in [0, 0.1) is 0 Å². The highest BCUT2D eigenvalue weighted by Crippen LogP contribution is 1.76. The molecule has 11 heavy (non-hydrogen) atoms. The maximum absolute atomic E-state index is 10.4. The van der Waals surface area contributed by atoms with Crippen molar-refractivity contribution >= 4 is 6.09 Å². The lowest BCUT2D eigenvalue weighted by molar-refractivity contribution is 0.175. The standard InChI is InChI=1S/C8H11NO2/c1-3-4-5-6-7-9-8(10)11-2/h3-7H,1H2,2H3,(H,9,10). The van der Waals surface area contributed by atoms with E-state index in [-0.39, 0.29) is 0 Å². The molecule has 0 aliphatic carbocycles. The zero-order valence-corrected chi connectivity index (χ0v) is 6.41. The molecule has 0 unspecified atom stereocenters. The lowest BCUT2D eigenvalue weighted by atomic mass is 10.5. The van der Waals surface area contributed by atoms with Crippen molar-refractivity contribution in [3.05, 3.63) is 37.1 Å². The zero-order chi connectivity index (χ0) is 8.53. The van der Waals surface area contributed by atoms with Gasteiger partial charge in [-0.25, -0.2) is 4.79 Å². The van der Waals surface area contributed by atoms with Crippen molar-refractivity contribution in [3.8, 4) is 0 Å². The van der Waals surface area contributed by atoms with Gasteiger partial charge < -0.3 is 4.74 Å². The molecule has 0 aromatic carbocycles. The summed E-state index contributed by atoms with van der Waals surface area (Å²) >= 11 is 0. The largest absolute Gasteiger partial charge is 0.453 e. The Morgan fingerprint density at radius 3 is 2.73 bits per heavy atom. The highest BCUT2D eigenvalue weighted by atomic mass is 16.5. The van der Waals surface area contributed by atoms with Crippen molar-refractivity contribution in [2.45, 2.75) is 0 Å². The molecule has 0 aromatic heterocycles. The lowest BCUT2D eigenvalue weighted by Crippen LogP contribution is -2.15. The normalized spacial score (nSPS) is 10.3. The van der Waals surface area contributed by atoms with Gasteiger partial charge in [0.1, 0.15) is 0 Å². The van der Waals surface area contributed by atoms with Crippen LogP contribution in [0.5, 0.6) is 0 Å². The van der Waals surface area contributed by atoms with E-state index < -0.39 is 6.09 Å². The van der Waals surface area contributed by atoms with E-state index in [4.69, 9.17) is 0 Å². The summed E-state index contributed by atoms with van der Waals surface area (Å²) < 4.78 is 4.31. The Hall–Kier alpha value is -1.51. The van der Waals surface area contributed by atoms with Crippen LogP contribution in [0.3, 0.4) is 0 Å². The number of hydrogen-bond acceptors (Lipinski definition) is 2. The monoisotopic (exact) mass is 153 g/mol. The first-order chi connectivity index (χ1) is 5.31. The van der Waals surface area contributed by atoms with Gasteiger partial charge in [-0.1, -0.05) is 24.8 Å². The second kappa shape index (κ2) is 6.61. The fourth-order valence-electron chi connectivity index (χ4n) is 0.373. The Kier molecular flexibility index (Phi) is 5.70. The highest BCUT2D eigenvalue weighted by Gasteiger charge is 1.88. The summed E-state index contributed by atoms with van der Waals surface area (Å²) in [4.78, 5) is 10.4. The Balaban J connectivity index is 3.52. The van der Waals surface area contributed by atoms with Gasteiger partial charge >= 0.3 is 6.09 Å². The lowest BCUT2D eigenvalue weighted by Gasteiger charge is -1.93. The first kappa shape index (κ1) is 9.49. The van der Waals surface area contributed by atoms with Crippen molar-refractivity contribution in [3.63, 3.8) is 0 Å². The molecular formula is C8H11NO2. The van der Waals surface area contributed by atoms with E-state index in [0.29, 0.717) is 0 Å². The maximum atomic E-state index is 10.4. The highest BCUT2D eigenvalue weighted by molar-refractivity contribution is 5.68. The summed E-state index contributed by atoms with van der Waals surface area (Å²) in [6.45, 7) is 3.48. The number of hydrogen-bond donors (Lipinski definition) is 1. The first-order valence-corrected chi connectivity index (χ1v) is 3.10. The summed E-state index contributed by atoms with van der Waals surface area (Å²) in [5.41, 5.74) is 0. The second-order valence-corrected chi connectivity index (χ2v) is 1.62. The molecule has 0 atom stereocenters. The van der Waals surface area contributed by atoms with Crippen LogP contribution < -0.4 is 5.32 Å². The van der Waals surface area contributed by atoms with Gasteiger partial charge in [0.15, 0.2) is 0 Å². The number of carbonyl (C=O) groups excluding carboxylic acids is 1. The third-order valence-electron chi connectivity index (χ3n) is 0.841. The van der Waals surface area contributed by atoms with Gasteiger partial charge in [0.25, 0.3) is 0 Å². The Labute approximate surface area is 66.0 Å².